The molecule has 4 rings (SSSR count). The lowest BCUT2D eigenvalue weighted by atomic mass is 9.93. The van der Waals surface area contributed by atoms with Gasteiger partial charge in [0, 0.05) is 10.6 Å². The minimum absolute atomic E-state index is 0.0717. The Morgan fingerprint density at radius 2 is 2.19 bits per heavy atom. The van der Waals surface area contributed by atoms with Crippen LogP contribution in [0.4, 0.5) is 4.39 Å². The van der Waals surface area contributed by atoms with E-state index >= 15 is 0 Å². The van der Waals surface area contributed by atoms with Gasteiger partial charge in [-0.05, 0) is 36.8 Å². The number of hydrogen-bond donors (Lipinski definition) is 1. The minimum atomic E-state index is -3.19. The molecule has 5 unspecified atom stereocenters. The highest BCUT2D eigenvalue weighted by Gasteiger charge is 2.62. The van der Waals surface area contributed by atoms with Crippen molar-refractivity contribution in [1.29, 1.82) is 0 Å². The van der Waals surface area contributed by atoms with Crippen LogP contribution in [0.5, 0.6) is 0 Å². The van der Waals surface area contributed by atoms with Crippen molar-refractivity contribution < 1.29 is 17.5 Å². The van der Waals surface area contributed by atoms with Gasteiger partial charge in [-0.3, -0.25) is 0 Å². The molecule has 5 atom stereocenters. The van der Waals surface area contributed by atoms with Crippen LogP contribution in [0.25, 0.3) is 0 Å². The third-order valence-electron chi connectivity index (χ3n) is 5.05. The minimum Gasteiger partial charge on any atom is -0.371 e. The van der Waals surface area contributed by atoms with E-state index in [9.17, 15) is 12.8 Å². The monoisotopic (exact) mass is 331 g/mol. The van der Waals surface area contributed by atoms with Crippen molar-refractivity contribution in [2.75, 3.05) is 0 Å². The predicted molar refractivity (Wildman–Crippen MR) is 75.8 cm³/mol. The van der Waals surface area contributed by atoms with Crippen molar-refractivity contribution in [2.45, 2.75) is 36.8 Å². The van der Waals surface area contributed by atoms with E-state index in [-0.39, 0.29) is 35.8 Å². The number of benzene rings is 1. The number of ether oxygens (including phenoxy) is 1. The summed E-state index contributed by atoms with van der Waals surface area (Å²) in [5.41, 5.74) is 0.333. The van der Waals surface area contributed by atoms with Crippen molar-refractivity contribution in [3.8, 4) is 0 Å². The molecule has 1 N–H and O–H groups in total. The summed E-state index contributed by atoms with van der Waals surface area (Å²) in [7, 11) is -3.19. The second-order valence-electron chi connectivity index (χ2n) is 6.10. The third kappa shape index (κ3) is 2.04. The van der Waals surface area contributed by atoms with Crippen LogP contribution in [0.2, 0.25) is 5.02 Å². The Hall–Kier alpha value is -0.690. The SMILES string of the molecule is O=S1(=O)NC2C3CC(CC31)C2OCc1c(F)cccc1Cl. The maximum absolute atomic E-state index is 13.7. The molecule has 1 saturated heterocycles. The van der Waals surface area contributed by atoms with E-state index in [1.807, 2.05) is 0 Å². The number of sulfonamides is 1. The fraction of sp³-hybridized carbons (Fsp3) is 0.571. The Morgan fingerprint density at radius 1 is 1.38 bits per heavy atom. The van der Waals surface area contributed by atoms with Crippen LogP contribution >= 0.6 is 11.6 Å². The first kappa shape index (κ1) is 13.9. The summed E-state index contributed by atoms with van der Waals surface area (Å²) in [5.74, 6) is -0.0167. The summed E-state index contributed by atoms with van der Waals surface area (Å²) in [6.45, 7) is 0.0717. The second-order valence-corrected chi connectivity index (χ2v) is 8.44. The van der Waals surface area contributed by atoms with Crippen molar-refractivity contribution in [1.82, 2.24) is 4.72 Å². The summed E-state index contributed by atoms with van der Waals surface area (Å²) in [5, 5.41) is 0.0763. The lowest BCUT2D eigenvalue weighted by Crippen LogP contribution is -2.40. The van der Waals surface area contributed by atoms with Crippen molar-refractivity contribution in [2.24, 2.45) is 11.8 Å². The van der Waals surface area contributed by atoms with Gasteiger partial charge in [-0.25, -0.2) is 17.5 Å². The first-order chi connectivity index (χ1) is 9.97. The number of rotatable bonds is 3. The van der Waals surface area contributed by atoms with E-state index in [2.05, 4.69) is 4.72 Å². The smallest absolute Gasteiger partial charge is 0.215 e. The molecule has 0 amide bonds. The number of halogens is 2. The molecule has 21 heavy (non-hydrogen) atoms. The Labute approximate surface area is 127 Å². The van der Waals surface area contributed by atoms with Crippen LogP contribution in [0.3, 0.4) is 0 Å². The molecule has 2 saturated carbocycles. The normalized spacial score (nSPS) is 39.0. The Morgan fingerprint density at radius 3 is 2.95 bits per heavy atom. The zero-order valence-corrected chi connectivity index (χ0v) is 12.7. The van der Waals surface area contributed by atoms with Crippen LogP contribution in [-0.4, -0.2) is 25.8 Å². The molecule has 1 aromatic rings. The molecule has 3 aliphatic rings. The zero-order valence-electron chi connectivity index (χ0n) is 11.1. The molecule has 0 radical (unpaired) electrons. The van der Waals surface area contributed by atoms with E-state index in [1.54, 1.807) is 12.1 Å². The number of fused-ring (bicyclic) bond motifs is 1. The van der Waals surface area contributed by atoms with Gasteiger partial charge < -0.3 is 4.74 Å². The number of nitrogens with one attached hydrogen (secondary N) is 1. The van der Waals surface area contributed by atoms with E-state index < -0.39 is 15.8 Å². The van der Waals surface area contributed by atoms with E-state index in [0.717, 1.165) is 6.42 Å². The van der Waals surface area contributed by atoms with Gasteiger partial charge in [-0.2, -0.15) is 0 Å². The van der Waals surface area contributed by atoms with E-state index in [0.29, 0.717) is 17.0 Å². The van der Waals surface area contributed by atoms with Gasteiger partial charge in [0.15, 0.2) is 0 Å². The highest BCUT2D eigenvalue weighted by atomic mass is 35.5. The van der Waals surface area contributed by atoms with Crippen LogP contribution in [0.15, 0.2) is 18.2 Å². The van der Waals surface area contributed by atoms with Crippen molar-refractivity contribution >= 4 is 21.6 Å². The van der Waals surface area contributed by atoms with Crippen molar-refractivity contribution in [3.63, 3.8) is 0 Å². The molecule has 1 aliphatic heterocycles. The molecular formula is C14H15ClFNO3S. The van der Waals surface area contributed by atoms with Gasteiger partial charge in [-0.15, -0.1) is 0 Å². The van der Waals surface area contributed by atoms with Gasteiger partial charge >= 0.3 is 0 Å². The van der Waals surface area contributed by atoms with E-state index in [1.165, 1.54) is 6.07 Å². The summed E-state index contributed by atoms with van der Waals surface area (Å²) in [4.78, 5) is 0. The molecule has 1 heterocycles. The first-order valence-electron chi connectivity index (χ1n) is 7.03. The molecule has 7 heteroatoms. The van der Waals surface area contributed by atoms with Gasteiger partial charge in [0.1, 0.15) is 5.82 Å². The standard InChI is InChI=1S/C14H15ClFNO3S/c15-10-2-1-3-11(16)9(10)6-20-14-7-4-8-12(5-7)21(18,19)17-13(8)14/h1-3,7-8,12-14,17H,4-6H2. The predicted octanol–water partition coefficient (Wildman–Crippen LogP) is 2.07. The van der Waals surface area contributed by atoms with Gasteiger partial charge in [0.25, 0.3) is 0 Å². The maximum Gasteiger partial charge on any atom is 0.215 e. The largest absolute Gasteiger partial charge is 0.371 e. The lowest BCUT2D eigenvalue weighted by molar-refractivity contribution is -0.00621. The van der Waals surface area contributed by atoms with Gasteiger partial charge in [0.2, 0.25) is 10.0 Å². The third-order valence-corrected chi connectivity index (χ3v) is 7.34. The van der Waals surface area contributed by atoms with Crippen LogP contribution in [-0.2, 0) is 21.4 Å². The fourth-order valence-electron chi connectivity index (χ4n) is 4.13. The average Bonchev–Trinajstić information content (AvgIpc) is 3.01. The zero-order chi connectivity index (χ0) is 14.8. The number of hydrogen-bond acceptors (Lipinski definition) is 3. The summed E-state index contributed by atoms with van der Waals surface area (Å²) in [6, 6.07) is 4.36. The molecule has 4 nitrogen and oxygen atoms in total. The van der Waals surface area contributed by atoms with Crippen LogP contribution in [0.1, 0.15) is 18.4 Å². The van der Waals surface area contributed by atoms with Gasteiger partial charge in [-0.1, -0.05) is 17.7 Å². The summed E-state index contributed by atoms with van der Waals surface area (Å²) in [6.07, 6.45) is 1.34. The molecule has 0 spiro atoms. The molecule has 2 bridgehead atoms. The van der Waals surface area contributed by atoms with Crippen LogP contribution < -0.4 is 4.72 Å². The quantitative estimate of drug-likeness (QED) is 0.922. The van der Waals surface area contributed by atoms with Gasteiger partial charge in [0.05, 0.1) is 24.0 Å². The molecule has 3 fully saturated rings. The molecule has 2 aliphatic carbocycles. The second kappa shape index (κ2) is 4.65. The summed E-state index contributed by atoms with van der Waals surface area (Å²) >= 11 is 5.99. The Bertz CT molecular complexity index is 675. The maximum atomic E-state index is 13.7. The van der Waals surface area contributed by atoms with Crippen molar-refractivity contribution in [3.05, 3.63) is 34.6 Å². The lowest BCUT2D eigenvalue weighted by Gasteiger charge is -2.26. The average molecular weight is 332 g/mol. The fourth-order valence-corrected chi connectivity index (χ4v) is 6.45. The highest BCUT2D eigenvalue weighted by molar-refractivity contribution is 7.90. The van der Waals surface area contributed by atoms with E-state index in [4.69, 9.17) is 16.3 Å². The molecule has 0 aromatic heterocycles. The molecular weight excluding hydrogens is 317 g/mol. The highest BCUT2D eigenvalue weighted by Crippen LogP contribution is 2.52. The van der Waals surface area contributed by atoms with Crippen LogP contribution in [0, 0.1) is 17.7 Å². The first-order valence-corrected chi connectivity index (χ1v) is 8.95. The Balaban J connectivity index is 1.53. The molecule has 114 valence electrons. The molecule has 1 aromatic carbocycles. The topological polar surface area (TPSA) is 55.4 Å². The Kier molecular flexibility index (Phi) is 3.09. The summed E-state index contributed by atoms with van der Waals surface area (Å²) < 4.78 is 46.2.